The lowest BCUT2D eigenvalue weighted by atomic mass is 10.00. The summed E-state index contributed by atoms with van der Waals surface area (Å²) in [4.78, 5) is 0. The molecule has 0 fully saturated rings. The predicted octanol–water partition coefficient (Wildman–Crippen LogP) is 4.05. The van der Waals surface area contributed by atoms with Gasteiger partial charge in [0.1, 0.15) is 5.76 Å². The Balaban J connectivity index is 2.20. The summed E-state index contributed by atoms with van der Waals surface area (Å²) in [5.41, 5.74) is 3.50. The van der Waals surface area contributed by atoms with Crippen molar-refractivity contribution < 1.29 is 4.42 Å². The Bertz CT molecular complexity index is 533. The van der Waals surface area contributed by atoms with Crippen LogP contribution < -0.4 is 5.32 Å². The van der Waals surface area contributed by atoms with Gasteiger partial charge >= 0.3 is 0 Å². The molecule has 0 radical (unpaired) electrons. The van der Waals surface area contributed by atoms with Gasteiger partial charge in [0.2, 0.25) is 0 Å². The standard InChI is InChI=1S/C15H18ClNO/c1-10-4-5-12(14(16)6-10)8-15(17-3)13-7-11(2)18-9-13/h4-7,9,15,17H,8H2,1-3H3. The van der Waals surface area contributed by atoms with Crippen molar-refractivity contribution >= 4 is 11.6 Å². The van der Waals surface area contributed by atoms with Crippen LogP contribution in [0.5, 0.6) is 0 Å². The van der Waals surface area contributed by atoms with E-state index >= 15 is 0 Å². The fourth-order valence-corrected chi connectivity index (χ4v) is 2.38. The molecular weight excluding hydrogens is 246 g/mol. The van der Waals surface area contributed by atoms with E-state index in [4.69, 9.17) is 16.0 Å². The molecule has 18 heavy (non-hydrogen) atoms. The van der Waals surface area contributed by atoms with Crippen molar-refractivity contribution in [2.45, 2.75) is 26.3 Å². The normalized spacial score (nSPS) is 12.7. The minimum Gasteiger partial charge on any atom is -0.469 e. The Morgan fingerprint density at radius 1 is 1.28 bits per heavy atom. The molecule has 0 aliphatic rings. The zero-order chi connectivity index (χ0) is 13.1. The van der Waals surface area contributed by atoms with Crippen molar-refractivity contribution in [2.24, 2.45) is 0 Å². The minimum absolute atomic E-state index is 0.225. The average molecular weight is 264 g/mol. The monoisotopic (exact) mass is 263 g/mol. The number of rotatable bonds is 4. The van der Waals surface area contributed by atoms with Crippen molar-refractivity contribution in [2.75, 3.05) is 7.05 Å². The molecule has 0 saturated carbocycles. The van der Waals surface area contributed by atoms with Crippen LogP contribution in [0.25, 0.3) is 0 Å². The number of furan rings is 1. The van der Waals surface area contributed by atoms with Crippen molar-refractivity contribution in [3.05, 3.63) is 58.0 Å². The van der Waals surface area contributed by atoms with E-state index in [9.17, 15) is 0 Å². The maximum absolute atomic E-state index is 6.27. The van der Waals surface area contributed by atoms with E-state index in [0.29, 0.717) is 0 Å². The van der Waals surface area contributed by atoms with Crippen LogP contribution in [0.3, 0.4) is 0 Å². The van der Waals surface area contributed by atoms with Gasteiger partial charge in [0.05, 0.1) is 6.26 Å². The zero-order valence-electron chi connectivity index (χ0n) is 11.0. The number of halogens is 1. The molecule has 96 valence electrons. The Morgan fingerprint density at radius 3 is 2.61 bits per heavy atom. The lowest BCUT2D eigenvalue weighted by Gasteiger charge is -2.15. The average Bonchev–Trinajstić information content (AvgIpc) is 2.75. The summed E-state index contributed by atoms with van der Waals surface area (Å²) in [5.74, 6) is 0.931. The first-order valence-corrected chi connectivity index (χ1v) is 6.45. The number of benzene rings is 1. The SMILES string of the molecule is CNC(Cc1ccc(C)cc1Cl)c1coc(C)c1. The highest BCUT2D eigenvalue weighted by Gasteiger charge is 2.14. The summed E-state index contributed by atoms with van der Waals surface area (Å²) in [6, 6.07) is 8.47. The quantitative estimate of drug-likeness (QED) is 0.900. The fourth-order valence-electron chi connectivity index (χ4n) is 2.07. The molecule has 1 heterocycles. The molecule has 0 spiro atoms. The molecule has 1 N–H and O–H groups in total. The Kier molecular flexibility index (Phi) is 4.10. The molecule has 0 bridgehead atoms. The van der Waals surface area contributed by atoms with Gasteiger partial charge in [-0.25, -0.2) is 0 Å². The van der Waals surface area contributed by atoms with E-state index in [1.165, 1.54) is 5.56 Å². The van der Waals surface area contributed by atoms with Gasteiger partial charge in [-0.1, -0.05) is 23.7 Å². The molecule has 2 rings (SSSR count). The van der Waals surface area contributed by atoms with Gasteiger partial charge in [0.15, 0.2) is 0 Å². The van der Waals surface area contributed by atoms with Crippen LogP contribution in [0.4, 0.5) is 0 Å². The minimum atomic E-state index is 0.225. The molecule has 3 heteroatoms. The van der Waals surface area contributed by atoms with Crippen LogP contribution in [0.1, 0.15) is 28.5 Å². The summed E-state index contributed by atoms with van der Waals surface area (Å²) < 4.78 is 5.36. The van der Waals surface area contributed by atoms with Crippen LogP contribution in [-0.2, 0) is 6.42 Å². The summed E-state index contributed by atoms with van der Waals surface area (Å²) in [5, 5.41) is 4.13. The van der Waals surface area contributed by atoms with Gasteiger partial charge in [-0.15, -0.1) is 0 Å². The molecule has 1 atom stereocenters. The lowest BCUT2D eigenvalue weighted by Crippen LogP contribution is -2.18. The second kappa shape index (κ2) is 5.59. The second-order valence-electron chi connectivity index (χ2n) is 4.63. The van der Waals surface area contributed by atoms with Crippen molar-refractivity contribution in [3.8, 4) is 0 Å². The fraction of sp³-hybridized carbons (Fsp3) is 0.333. The van der Waals surface area contributed by atoms with Gasteiger partial charge in [0.25, 0.3) is 0 Å². The first kappa shape index (κ1) is 13.2. The summed E-state index contributed by atoms with van der Waals surface area (Å²) in [6.07, 6.45) is 2.66. The molecule has 2 aromatic rings. The van der Waals surface area contributed by atoms with Crippen LogP contribution in [0.15, 0.2) is 34.9 Å². The number of hydrogen-bond donors (Lipinski definition) is 1. The van der Waals surface area contributed by atoms with E-state index in [-0.39, 0.29) is 6.04 Å². The summed E-state index contributed by atoms with van der Waals surface area (Å²) in [7, 11) is 1.95. The molecule has 1 unspecified atom stereocenters. The first-order valence-electron chi connectivity index (χ1n) is 6.07. The third kappa shape index (κ3) is 2.95. The van der Waals surface area contributed by atoms with Gasteiger partial charge in [-0.2, -0.15) is 0 Å². The van der Waals surface area contributed by atoms with Crippen LogP contribution >= 0.6 is 11.6 Å². The van der Waals surface area contributed by atoms with Crippen LogP contribution in [-0.4, -0.2) is 7.05 Å². The van der Waals surface area contributed by atoms with Gasteiger partial charge < -0.3 is 9.73 Å². The van der Waals surface area contributed by atoms with Gasteiger partial charge in [-0.05, 0) is 50.6 Å². The van der Waals surface area contributed by atoms with Gasteiger partial charge in [-0.3, -0.25) is 0 Å². The second-order valence-corrected chi connectivity index (χ2v) is 5.04. The Morgan fingerprint density at radius 2 is 2.06 bits per heavy atom. The molecular formula is C15H18ClNO. The highest BCUT2D eigenvalue weighted by atomic mass is 35.5. The number of aryl methyl sites for hydroxylation is 2. The van der Waals surface area contributed by atoms with E-state index in [1.54, 1.807) is 6.26 Å². The molecule has 2 nitrogen and oxygen atoms in total. The van der Waals surface area contributed by atoms with Crippen molar-refractivity contribution in [3.63, 3.8) is 0 Å². The third-order valence-corrected chi connectivity index (χ3v) is 3.49. The summed E-state index contributed by atoms with van der Waals surface area (Å²) in [6.45, 7) is 4.00. The van der Waals surface area contributed by atoms with Crippen molar-refractivity contribution in [1.29, 1.82) is 0 Å². The Labute approximate surface area is 113 Å². The first-order chi connectivity index (χ1) is 8.60. The number of hydrogen-bond acceptors (Lipinski definition) is 2. The maximum atomic E-state index is 6.27. The topological polar surface area (TPSA) is 25.2 Å². The molecule has 0 amide bonds. The van der Waals surface area contributed by atoms with Crippen molar-refractivity contribution in [1.82, 2.24) is 5.32 Å². The predicted molar refractivity (Wildman–Crippen MR) is 75.1 cm³/mol. The molecule has 0 saturated heterocycles. The highest BCUT2D eigenvalue weighted by Crippen LogP contribution is 2.25. The number of likely N-dealkylation sites (N-methyl/N-ethyl adjacent to an activating group) is 1. The van der Waals surface area contributed by atoms with E-state index in [2.05, 4.69) is 23.5 Å². The van der Waals surface area contributed by atoms with Crippen LogP contribution in [0.2, 0.25) is 5.02 Å². The smallest absolute Gasteiger partial charge is 0.101 e. The highest BCUT2D eigenvalue weighted by molar-refractivity contribution is 6.31. The molecule has 0 aliphatic heterocycles. The van der Waals surface area contributed by atoms with E-state index in [0.717, 1.165) is 28.3 Å². The third-order valence-electron chi connectivity index (χ3n) is 3.13. The van der Waals surface area contributed by atoms with Gasteiger partial charge in [0, 0.05) is 16.6 Å². The van der Waals surface area contributed by atoms with E-state index < -0.39 is 0 Å². The molecule has 1 aromatic carbocycles. The largest absolute Gasteiger partial charge is 0.469 e. The molecule has 0 aliphatic carbocycles. The van der Waals surface area contributed by atoms with E-state index in [1.807, 2.05) is 27.0 Å². The Hall–Kier alpha value is -1.25. The zero-order valence-corrected chi connectivity index (χ0v) is 11.7. The molecule has 1 aromatic heterocycles. The lowest BCUT2D eigenvalue weighted by molar-refractivity contribution is 0.520. The number of nitrogens with one attached hydrogen (secondary N) is 1. The maximum Gasteiger partial charge on any atom is 0.101 e. The summed E-state index contributed by atoms with van der Waals surface area (Å²) >= 11 is 6.27. The van der Waals surface area contributed by atoms with Crippen LogP contribution in [0, 0.1) is 13.8 Å².